The summed E-state index contributed by atoms with van der Waals surface area (Å²) < 4.78 is 0. The van der Waals surface area contributed by atoms with E-state index in [9.17, 15) is 4.79 Å². The van der Waals surface area contributed by atoms with Crippen molar-refractivity contribution < 1.29 is 4.79 Å². The van der Waals surface area contributed by atoms with Gasteiger partial charge in [-0.05, 0) is 13.3 Å². The van der Waals surface area contributed by atoms with Crippen LogP contribution in [-0.2, 0) is 4.79 Å². The standard InChI is InChI=1S/C11H24N4O/c1-3-9(2)15-6-4-14(5-7-15)8-10(12)11(13)16/h9-10H,3-8,12H2,1-2H3,(H2,13,16). The van der Waals surface area contributed by atoms with Crippen LogP contribution >= 0.6 is 0 Å². The second kappa shape index (κ2) is 6.18. The molecule has 0 bridgehead atoms. The van der Waals surface area contributed by atoms with Crippen LogP contribution in [-0.4, -0.2) is 60.5 Å². The Kier molecular flexibility index (Phi) is 5.18. The molecule has 1 rings (SSSR count). The summed E-state index contributed by atoms with van der Waals surface area (Å²) in [5.74, 6) is -0.413. The highest BCUT2D eigenvalue weighted by Crippen LogP contribution is 2.08. The lowest BCUT2D eigenvalue weighted by atomic mass is 10.2. The Bertz CT molecular complexity index is 226. The Morgan fingerprint density at radius 3 is 2.31 bits per heavy atom. The van der Waals surface area contributed by atoms with Crippen molar-refractivity contribution in [2.45, 2.75) is 32.4 Å². The molecule has 5 heteroatoms. The fourth-order valence-corrected chi connectivity index (χ4v) is 2.01. The van der Waals surface area contributed by atoms with Gasteiger partial charge >= 0.3 is 0 Å². The molecule has 0 saturated carbocycles. The maximum Gasteiger partial charge on any atom is 0.235 e. The predicted molar refractivity (Wildman–Crippen MR) is 64.9 cm³/mol. The second-order valence-corrected chi connectivity index (χ2v) is 4.60. The van der Waals surface area contributed by atoms with E-state index in [1.54, 1.807) is 0 Å². The lowest BCUT2D eigenvalue weighted by Crippen LogP contribution is -2.54. The number of piperazine rings is 1. The summed E-state index contributed by atoms with van der Waals surface area (Å²) in [7, 11) is 0. The van der Waals surface area contributed by atoms with Gasteiger partial charge in [-0.25, -0.2) is 0 Å². The molecule has 0 aromatic heterocycles. The van der Waals surface area contributed by atoms with Crippen LogP contribution in [0.4, 0.5) is 0 Å². The molecule has 1 aliphatic rings. The third-order valence-corrected chi connectivity index (χ3v) is 3.44. The maximum atomic E-state index is 10.9. The second-order valence-electron chi connectivity index (χ2n) is 4.60. The van der Waals surface area contributed by atoms with Crippen molar-refractivity contribution in [3.8, 4) is 0 Å². The number of carbonyl (C=O) groups is 1. The lowest BCUT2D eigenvalue weighted by Gasteiger charge is -2.38. The molecule has 1 amide bonds. The minimum absolute atomic E-state index is 0.413. The van der Waals surface area contributed by atoms with Crippen molar-refractivity contribution in [1.82, 2.24) is 9.80 Å². The number of nitrogens with two attached hydrogens (primary N) is 2. The van der Waals surface area contributed by atoms with Gasteiger partial charge in [0.15, 0.2) is 0 Å². The Hall–Kier alpha value is -0.650. The SMILES string of the molecule is CCC(C)N1CCN(CC(N)C(N)=O)CC1. The number of amides is 1. The monoisotopic (exact) mass is 228 g/mol. The molecule has 16 heavy (non-hydrogen) atoms. The largest absolute Gasteiger partial charge is 0.368 e. The van der Waals surface area contributed by atoms with Crippen LogP contribution in [0.3, 0.4) is 0 Å². The number of rotatable bonds is 5. The summed E-state index contributed by atoms with van der Waals surface area (Å²) in [6.07, 6.45) is 1.18. The third-order valence-electron chi connectivity index (χ3n) is 3.44. The first-order chi connectivity index (χ1) is 7.54. The molecule has 0 aliphatic carbocycles. The molecule has 0 spiro atoms. The molecule has 0 radical (unpaired) electrons. The van der Waals surface area contributed by atoms with Crippen molar-refractivity contribution in [2.75, 3.05) is 32.7 Å². The van der Waals surface area contributed by atoms with Crippen LogP contribution in [0.2, 0.25) is 0 Å². The minimum Gasteiger partial charge on any atom is -0.368 e. The summed E-state index contributed by atoms with van der Waals surface area (Å²) >= 11 is 0. The Morgan fingerprint density at radius 1 is 1.31 bits per heavy atom. The highest BCUT2D eigenvalue weighted by Gasteiger charge is 2.22. The molecule has 94 valence electrons. The highest BCUT2D eigenvalue weighted by atomic mass is 16.1. The van der Waals surface area contributed by atoms with Crippen LogP contribution in [0, 0.1) is 0 Å². The third kappa shape index (κ3) is 3.73. The maximum absolute atomic E-state index is 10.9. The molecular formula is C11H24N4O. The van der Waals surface area contributed by atoms with Crippen molar-refractivity contribution in [2.24, 2.45) is 11.5 Å². The van der Waals surface area contributed by atoms with Gasteiger partial charge in [-0.2, -0.15) is 0 Å². The Labute approximate surface area is 97.7 Å². The van der Waals surface area contributed by atoms with Crippen molar-refractivity contribution in [3.05, 3.63) is 0 Å². The number of primary amides is 1. The molecule has 1 fully saturated rings. The fraction of sp³-hybridized carbons (Fsp3) is 0.909. The molecule has 5 nitrogen and oxygen atoms in total. The number of hydrogen-bond donors (Lipinski definition) is 2. The molecule has 1 heterocycles. The van der Waals surface area contributed by atoms with Gasteiger partial charge in [-0.15, -0.1) is 0 Å². The van der Waals surface area contributed by atoms with E-state index in [0.717, 1.165) is 26.2 Å². The topological polar surface area (TPSA) is 75.6 Å². The molecule has 0 aromatic rings. The molecule has 1 saturated heterocycles. The summed E-state index contributed by atoms with van der Waals surface area (Å²) in [4.78, 5) is 15.5. The van der Waals surface area contributed by atoms with Gasteiger partial charge in [-0.3, -0.25) is 14.6 Å². The molecule has 2 atom stereocenters. The van der Waals surface area contributed by atoms with Crippen molar-refractivity contribution >= 4 is 5.91 Å². The zero-order valence-corrected chi connectivity index (χ0v) is 10.4. The summed E-state index contributed by atoms with van der Waals surface area (Å²) in [5, 5.41) is 0. The molecule has 2 unspecified atom stereocenters. The van der Waals surface area contributed by atoms with Gasteiger partial charge in [0.05, 0.1) is 6.04 Å². The van der Waals surface area contributed by atoms with Gasteiger partial charge < -0.3 is 11.5 Å². The average Bonchev–Trinajstić information content (AvgIpc) is 2.28. The first-order valence-electron chi connectivity index (χ1n) is 6.06. The van der Waals surface area contributed by atoms with E-state index in [1.165, 1.54) is 6.42 Å². The molecule has 0 aromatic carbocycles. The van der Waals surface area contributed by atoms with Gasteiger partial charge in [0.1, 0.15) is 0 Å². The quantitative estimate of drug-likeness (QED) is 0.647. The van der Waals surface area contributed by atoms with E-state index in [1.807, 2.05) is 0 Å². The Morgan fingerprint density at radius 2 is 1.88 bits per heavy atom. The zero-order chi connectivity index (χ0) is 12.1. The van der Waals surface area contributed by atoms with E-state index >= 15 is 0 Å². The Balaban J connectivity index is 2.29. The van der Waals surface area contributed by atoms with Crippen LogP contribution in [0.5, 0.6) is 0 Å². The van der Waals surface area contributed by atoms with Crippen molar-refractivity contribution in [3.63, 3.8) is 0 Å². The van der Waals surface area contributed by atoms with E-state index in [-0.39, 0.29) is 0 Å². The number of carbonyl (C=O) groups excluding carboxylic acids is 1. The summed E-state index contributed by atoms with van der Waals surface area (Å²) in [5.41, 5.74) is 10.8. The van der Waals surface area contributed by atoms with Crippen molar-refractivity contribution in [1.29, 1.82) is 0 Å². The normalized spacial score (nSPS) is 22.9. The van der Waals surface area contributed by atoms with E-state index in [4.69, 9.17) is 11.5 Å². The van der Waals surface area contributed by atoms with Crippen LogP contribution in [0.1, 0.15) is 20.3 Å². The first kappa shape index (κ1) is 13.4. The van der Waals surface area contributed by atoms with E-state index in [2.05, 4.69) is 23.6 Å². The number of hydrogen-bond acceptors (Lipinski definition) is 4. The number of nitrogens with zero attached hydrogens (tertiary/aromatic N) is 2. The van der Waals surface area contributed by atoms with Crippen LogP contribution < -0.4 is 11.5 Å². The van der Waals surface area contributed by atoms with Gasteiger partial charge in [0, 0.05) is 38.8 Å². The smallest absolute Gasteiger partial charge is 0.235 e. The zero-order valence-electron chi connectivity index (χ0n) is 10.4. The average molecular weight is 228 g/mol. The molecular weight excluding hydrogens is 204 g/mol. The fourth-order valence-electron chi connectivity index (χ4n) is 2.01. The predicted octanol–water partition coefficient (Wildman–Crippen LogP) is -0.785. The molecule has 4 N–H and O–H groups in total. The summed E-state index contributed by atoms with van der Waals surface area (Å²) in [6, 6.07) is 0.113. The van der Waals surface area contributed by atoms with E-state index in [0.29, 0.717) is 12.6 Å². The summed E-state index contributed by atoms with van der Waals surface area (Å²) in [6.45, 7) is 9.12. The van der Waals surface area contributed by atoms with Gasteiger partial charge in [-0.1, -0.05) is 6.92 Å². The van der Waals surface area contributed by atoms with E-state index < -0.39 is 11.9 Å². The van der Waals surface area contributed by atoms with Crippen LogP contribution in [0.25, 0.3) is 0 Å². The minimum atomic E-state index is -0.532. The molecule has 1 aliphatic heterocycles. The lowest BCUT2D eigenvalue weighted by molar-refractivity contribution is -0.119. The van der Waals surface area contributed by atoms with Gasteiger partial charge in [0.2, 0.25) is 5.91 Å². The van der Waals surface area contributed by atoms with Crippen LogP contribution in [0.15, 0.2) is 0 Å². The highest BCUT2D eigenvalue weighted by molar-refractivity contribution is 5.79. The first-order valence-corrected chi connectivity index (χ1v) is 6.06. The van der Waals surface area contributed by atoms with Gasteiger partial charge in [0.25, 0.3) is 0 Å².